The fourth-order valence-corrected chi connectivity index (χ4v) is 5.09. The molecular formula is C29H32ClN3O5. The van der Waals surface area contributed by atoms with Crippen LogP contribution in [0.1, 0.15) is 39.2 Å². The van der Waals surface area contributed by atoms with Crippen LogP contribution in [0.4, 0.5) is 0 Å². The number of fused-ring (bicyclic) bond motifs is 1. The molecule has 200 valence electrons. The maximum Gasteiger partial charge on any atom is 0.336 e. The van der Waals surface area contributed by atoms with Gasteiger partial charge >= 0.3 is 11.9 Å². The van der Waals surface area contributed by atoms with Crippen molar-refractivity contribution in [2.24, 2.45) is 0 Å². The van der Waals surface area contributed by atoms with E-state index in [-0.39, 0.29) is 26.3 Å². The monoisotopic (exact) mass is 537 g/mol. The van der Waals surface area contributed by atoms with E-state index in [9.17, 15) is 14.7 Å². The molecule has 9 heteroatoms. The average Bonchev–Trinajstić information content (AvgIpc) is 3.29. The van der Waals surface area contributed by atoms with Crippen LogP contribution in [0.5, 0.6) is 0 Å². The maximum absolute atomic E-state index is 13.3. The van der Waals surface area contributed by atoms with Crippen LogP contribution in [-0.2, 0) is 25.6 Å². The second-order valence-corrected chi connectivity index (χ2v) is 9.51. The fourth-order valence-electron chi connectivity index (χ4n) is 4.97. The van der Waals surface area contributed by atoms with Gasteiger partial charge in [0.05, 0.1) is 66.8 Å². The molecule has 0 radical (unpaired) electrons. The number of aromatic nitrogens is 2. The van der Waals surface area contributed by atoms with Crippen LogP contribution in [0.25, 0.3) is 11.0 Å². The summed E-state index contributed by atoms with van der Waals surface area (Å²) in [6, 6.07) is 14.7. The quantitative estimate of drug-likeness (QED) is 0.391. The number of β-amino-alcohol motifs (C(OH)–C–C–N with tert-alkyl or cyclic N) is 1. The number of carbonyl (C=O) groups excluding carboxylic acids is 2. The first-order valence-corrected chi connectivity index (χ1v) is 13.0. The highest BCUT2D eigenvalue weighted by Crippen LogP contribution is 2.43. The van der Waals surface area contributed by atoms with Gasteiger partial charge in [0.25, 0.3) is 0 Å². The van der Waals surface area contributed by atoms with Gasteiger partial charge in [0.15, 0.2) is 0 Å². The Hall–Kier alpha value is -3.62. The number of nitrogens with zero attached hydrogens (tertiary/aromatic N) is 3. The zero-order valence-corrected chi connectivity index (χ0v) is 22.7. The maximum atomic E-state index is 13.3. The summed E-state index contributed by atoms with van der Waals surface area (Å²) < 4.78 is 12.8. The number of aliphatic hydroxyl groups is 1. The smallest absolute Gasteiger partial charge is 0.336 e. The van der Waals surface area contributed by atoms with E-state index in [1.165, 1.54) is 0 Å². The van der Waals surface area contributed by atoms with Crippen molar-refractivity contribution >= 4 is 34.6 Å². The van der Waals surface area contributed by atoms with Gasteiger partial charge in [-0.1, -0.05) is 35.9 Å². The van der Waals surface area contributed by atoms with Gasteiger partial charge in [-0.2, -0.15) is 0 Å². The molecule has 0 amide bonds. The van der Waals surface area contributed by atoms with Crippen molar-refractivity contribution < 1.29 is 24.2 Å². The number of rotatable bonds is 9. The topological polar surface area (TPSA) is 93.9 Å². The molecule has 2 heterocycles. The van der Waals surface area contributed by atoms with E-state index in [4.69, 9.17) is 21.1 Å². The molecule has 0 saturated carbocycles. The number of imidazole rings is 1. The molecule has 1 aromatic heterocycles. The Kier molecular flexibility index (Phi) is 8.54. The summed E-state index contributed by atoms with van der Waals surface area (Å²) in [5.41, 5.74) is 4.30. The van der Waals surface area contributed by atoms with Gasteiger partial charge in [0.2, 0.25) is 0 Å². The number of esters is 2. The van der Waals surface area contributed by atoms with Crippen molar-refractivity contribution in [3.63, 3.8) is 0 Å². The number of hydrogen-bond donors (Lipinski definition) is 1. The van der Waals surface area contributed by atoms with Crippen molar-refractivity contribution in [3.05, 3.63) is 88.0 Å². The minimum atomic E-state index is -0.837. The van der Waals surface area contributed by atoms with E-state index in [1.807, 2.05) is 28.8 Å². The average molecular weight is 538 g/mol. The number of allylic oxidation sites excluding steroid dienone is 2. The zero-order valence-electron chi connectivity index (χ0n) is 22.0. The molecule has 1 aliphatic rings. The summed E-state index contributed by atoms with van der Waals surface area (Å²) in [6.45, 7) is 7.86. The number of hydrogen-bond acceptors (Lipinski definition) is 7. The SMILES string of the molecule is CCOC(=O)C1=C(C)N(CC(O)Cn2cnc3ccccc32)C(C)=C(C(=O)OCC)C1c1ccc(Cl)cc1. The zero-order chi connectivity index (χ0) is 27.4. The van der Waals surface area contributed by atoms with Gasteiger partial charge < -0.3 is 24.0 Å². The molecule has 1 aliphatic heterocycles. The Morgan fingerprint density at radius 2 is 1.53 bits per heavy atom. The number of halogens is 1. The summed E-state index contributed by atoms with van der Waals surface area (Å²) in [6.07, 6.45) is 0.858. The van der Waals surface area contributed by atoms with E-state index >= 15 is 0 Å². The molecule has 4 rings (SSSR count). The standard InChI is InChI=1S/C29H32ClN3O5/c1-5-37-28(35)25-18(3)33(16-22(34)15-32-17-31-23-9-7-8-10-24(23)32)19(4)26(29(36)38-6-2)27(25)20-11-13-21(30)14-12-20/h7-14,17,22,27,34H,5-6,15-16H2,1-4H3. The molecule has 0 aliphatic carbocycles. The van der Waals surface area contributed by atoms with Gasteiger partial charge in [-0.3, -0.25) is 0 Å². The van der Waals surface area contributed by atoms with Gasteiger partial charge in [-0.25, -0.2) is 14.6 Å². The highest BCUT2D eigenvalue weighted by atomic mass is 35.5. The second-order valence-electron chi connectivity index (χ2n) is 9.07. The fraction of sp³-hybridized carbons (Fsp3) is 0.345. The minimum Gasteiger partial charge on any atom is -0.463 e. The number of ether oxygens (including phenoxy) is 2. The van der Waals surface area contributed by atoms with E-state index in [2.05, 4.69) is 4.98 Å². The summed E-state index contributed by atoms with van der Waals surface area (Å²) in [5, 5.41) is 11.7. The molecule has 0 saturated heterocycles. The molecular weight excluding hydrogens is 506 g/mol. The Morgan fingerprint density at radius 1 is 0.947 bits per heavy atom. The Morgan fingerprint density at radius 3 is 2.11 bits per heavy atom. The van der Waals surface area contributed by atoms with Gasteiger partial charge in [0.1, 0.15) is 0 Å². The first-order chi connectivity index (χ1) is 18.3. The number of benzene rings is 2. The summed E-state index contributed by atoms with van der Waals surface area (Å²) in [7, 11) is 0. The molecule has 1 N–H and O–H groups in total. The first-order valence-electron chi connectivity index (χ1n) is 12.6. The lowest BCUT2D eigenvalue weighted by Crippen LogP contribution is -2.39. The van der Waals surface area contributed by atoms with Crippen LogP contribution in [0.2, 0.25) is 5.02 Å². The second kappa shape index (κ2) is 11.8. The largest absolute Gasteiger partial charge is 0.463 e. The summed E-state index contributed by atoms with van der Waals surface area (Å²) in [4.78, 5) is 32.9. The van der Waals surface area contributed by atoms with Crippen LogP contribution >= 0.6 is 11.6 Å². The molecule has 0 bridgehead atoms. The van der Waals surface area contributed by atoms with Crippen LogP contribution in [-0.4, -0.2) is 57.4 Å². The first kappa shape index (κ1) is 27.4. The summed E-state index contributed by atoms with van der Waals surface area (Å²) in [5.74, 6) is -1.77. The molecule has 8 nitrogen and oxygen atoms in total. The molecule has 1 atom stereocenters. The number of carbonyl (C=O) groups is 2. The van der Waals surface area contributed by atoms with Crippen LogP contribution < -0.4 is 0 Å². The van der Waals surface area contributed by atoms with Crippen LogP contribution in [0, 0.1) is 0 Å². The van der Waals surface area contributed by atoms with Crippen molar-refractivity contribution in [2.75, 3.05) is 19.8 Å². The third kappa shape index (κ3) is 5.47. The lowest BCUT2D eigenvalue weighted by Gasteiger charge is -2.38. The third-order valence-electron chi connectivity index (χ3n) is 6.69. The predicted molar refractivity (Wildman–Crippen MR) is 145 cm³/mol. The van der Waals surface area contributed by atoms with Crippen molar-refractivity contribution in [1.29, 1.82) is 0 Å². The molecule has 0 spiro atoms. The Bertz CT molecular complexity index is 1350. The minimum absolute atomic E-state index is 0.142. The lowest BCUT2D eigenvalue weighted by molar-refractivity contribution is -0.139. The van der Waals surface area contributed by atoms with E-state index < -0.39 is 24.0 Å². The number of aliphatic hydroxyl groups excluding tert-OH is 1. The van der Waals surface area contributed by atoms with Gasteiger partial charge in [0, 0.05) is 16.4 Å². The van der Waals surface area contributed by atoms with Crippen LogP contribution in [0.3, 0.4) is 0 Å². The van der Waals surface area contributed by atoms with Crippen molar-refractivity contribution in [3.8, 4) is 0 Å². The normalized spacial score (nSPS) is 15.3. The van der Waals surface area contributed by atoms with E-state index in [0.29, 0.717) is 33.1 Å². The molecule has 3 aromatic rings. The highest BCUT2D eigenvalue weighted by Gasteiger charge is 2.41. The predicted octanol–water partition coefficient (Wildman–Crippen LogP) is 4.82. The third-order valence-corrected chi connectivity index (χ3v) is 6.94. The Labute approximate surface area is 227 Å². The molecule has 1 unspecified atom stereocenters. The highest BCUT2D eigenvalue weighted by molar-refractivity contribution is 6.30. The van der Waals surface area contributed by atoms with E-state index in [1.54, 1.807) is 63.2 Å². The molecule has 38 heavy (non-hydrogen) atoms. The van der Waals surface area contributed by atoms with Crippen molar-refractivity contribution in [1.82, 2.24) is 14.5 Å². The van der Waals surface area contributed by atoms with Crippen LogP contribution in [0.15, 0.2) is 77.4 Å². The summed E-state index contributed by atoms with van der Waals surface area (Å²) >= 11 is 6.13. The van der Waals surface area contributed by atoms with Gasteiger partial charge in [-0.05, 0) is 57.5 Å². The van der Waals surface area contributed by atoms with E-state index in [0.717, 1.165) is 11.0 Å². The van der Waals surface area contributed by atoms with Crippen molar-refractivity contribution in [2.45, 2.75) is 46.3 Å². The molecule has 0 fully saturated rings. The lowest BCUT2D eigenvalue weighted by atomic mass is 9.79. The number of para-hydroxylation sites is 2. The van der Waals surface area contributed by atoms with Gasteiger partial charge in [-0.15, -0.1) is 0 Å². The molecule has 2 aromatic carbocycles. The Balaban J connectivity index is 1.77.